The van der Waals surface area contributed by atoms with Gasteiger partial charge in [-0.1, -0.05) is 41.9 Å². The number of amides is 2. The first-order valence-electron chi connectivity index (χ1n) is 11.9. The molecule has 1 atom stereocenters. The molecule has 180 valence electrons. The topological polar surface area (TPSA) is 69.6 Å². The number of aromatic nitrogens is 2. The zero-order chi connectivity index (χ0) is 24.5. The predicted octanol–water partition coefficient (Wildman–Crippen LogP) is 4.23. The second kappa shape index (κ2) is 9.66. The van der Waals surface area contributed by atoms with Crippen molar-refractivity contribution in [1.29, 1.82) is 0 Å². The van der Waals surface area contributed by atoms with E-state index in [-0.39, 0.29) is 24.3 Å². The molecule has 7 nitrogen and oxygen atoms in total. The van der Waals surface area contributed by atoms with Crippen molar-refractivity contribution in [2.75, 3.05) is 38.6 Å². The number of rotatable bonds is 5. The molecule has 0 aliphatic carbocycles. The first-order valence-corrected chi connectivity index (χ1v) is 12.2. The average Bonchev–Trinajstić information content (AvgIpc) is 3.19. The Morgan fingerprint density at radius 1 is 1.11 bits per heavy atom. The van der Waals surface area contributed by atoms with E-state index < -0.39 is 0 Å². The number of fused-ring (bicyclic) bond motifs is 1. The summed E-state index contributed by atoms with van der Waals surface area (Å²) in [6.45, 7) is 1.83. The molecule has 2 aliphatic rings. The van der Waals surface area contributed by atoms with E-state index in [1.807, 2.05) is 78.6 Å². The van der Waals surface area contributed by atoms with Crippen LogP contribution >= 0.6 is 11.6 Å². The monoisotopic (exact) mass is 489 g/mol. The van der Waals surface area contributed by atoms with Crippen molar-refractivity contribution in [3.63, 3.8) is 0 Å². The summed E-state index contributed by atoms with van der Waals surface area (Å²) in [6.07, 6.45) is 3.68. The summed E-state index contributed by atoms with van der Waals surface area (Å²) in [5.74, 6) is 0.623. The number of carbonyl (C=O) groups is 2. The minimum atomic E-state index is -0.0704. The normalized spacial score (nSPS) is 17.5. The van der Waals surface area contributed by atoms with Gasteiger partial charge in [-0.3, -0.25) is 9.59 Å². The summed E-state index contributed by atoms with van der Waals surface area (Å²) in [7, 11) is 3.84. The van der Waals surface area contributed by atoms with Crippen LogP contribution in [0.2, 0.25) is 5.02 Å². The molecule has 0 spiro atoms. The average molecular weight is 490 g/mol. The molecule has 0 radical (unpaired) electrons. The number of nitrogens with zero attached hydrogens (tertiary/aromatic N) is 5. The van der Waals surface area contributed by atoms with Crippen molar-refractivity contribution in [3.05, 3.63) is 76.6 Å². The first-order chi connectivity index (χ1) is 16.9. The van der Waals surface area contributed by atoms with E-state index in [2.05, 4.69) is 4.98 Å². The quantitative estimate of drug-likeness (QED) is 0.536. The highest BCUT2D eigenvalue weighted by molar-refractivity contribution is 6.30. The number of carbonyl (C=O) groups excluding carboxylic acids is 2. The second-order valence-electron chi connectivity index (χ2n) is 9.37. The molecule has 8 heteroatoms. The Hall–Kier alpha value is -3.45. The van der Waals surface area contributed by atoms with Crippen molar-refractivity contribution in [2.24, 2.45) is 0 Å². The molecule has 3 aromatic rings. The Kier molecular flexibility index (Phi) is 6.43. The number of likely N-dealkylation sites (tertiary alicyclic amines) is 1. The summed E-state index contributed by atoms with van der Waals surface area (Å²) in [5.41, 5.74) is 4.57. The van der Waals surface area contributed by atoms with Crippen molar-refractivity contribution >= 4 is 29.4 Å². The van der Waals surface area contributed by atoms with E-state index in [0.717, 1.165) is 35.2 Å². The SMILES string of the molecule is CN(C)c1ncc(-c2ccc(Cl)cc2)c([C@H]2CCCN(C(=O)CN3Cc4ccccc4C3=O)C2)n1. The lowest BCUT2D eigenvalue weighted by atomic mass is 9.90. The van der Waals surface area contributed by atoms with Crippen molar-refractivity contribution in [3.8, 4) is 11.1 Å². The fourth-order valence-electron chi connectivity index (χ4n) is 4.90. The number of hydrogen-bond donors (Lipinski definition) is 0. The van der Waals surface area contributed by atoms with Gasteiger partial charge in [-0.15, -0.1) is 0 Å². The lowest BCUT2D eigenvalue weighted by Gasteiger charge is -2.34. The Bertz CT molecular complexity index is 1260. The maximum absolute atomic E-state index is 13.3. The van der Waals surface area contributed by atoms with Gasteiger partial charge in [0.15, 0.2) is 0 Å². The Morgan fingerprint density at radius 2 is 1.89 bits per heavy atom. The van der Waals surface area contributed by atoms with E-state index in [9.17, 15) is 9.59 Å². The van der Waals surface area contributed by atoms with Crippen molar-refractivity contribution in [1.82, 2.24) is 19.8 Å². The van der Waals surface area contributed by atoms with Gasteiger partial charge in [-0.05, 0) is 42.2 Å². The highest BCUT2D eigenvalue weighted by atomic mass is 35.5. The Balaban J connectivity index is 1.36. The van der Waals surface area contributed by atoms with Gasteiger partial charge in [0, 0.05) is 62.0 Å². The first kappa shape index (κ1) is 23.3. The van der Waals surface area contributed by atoms with E-state index >= 15 is 0 Å². The zero-order valence-corrected chi connectivity index (χ0v) is 20.7. The van der Waals surface area contributed by atoms with Crippen LogP contribution in [-0.2, 0) is 11.3 Å². The van der Waals surface area contributed by atoms with E-state index in [1.54, 1.807) is 4.90 Å². The number of halogens is 1. The van der Waals surface area contributed by atoms with Gasteiger partial charge >= 0.3 is 0 Å². The van der Waals surface area contributed by atoms with Gasteiger partial charge in [0.05, 0.1) is 5.69 Å². The minimum absolute atomic E-state index is 0.0224. The molecule has 2 amide bonds. The molecular weight excluding hydrogens is 462 g/mol. The summed E-state index contributed by atoms with van der Waals surface area (Å²) < 4.78 is 0. The van der Waals surface area contributed by atoms with Gasteiger partial charge < -0.3 is 14.7 Å². The highest BCUT2D eigenvalue weighted by Gasteiger charge is 2.32. The van der Waals surface area contributed by atoms with E-state index in [4.69, 9.17) is 16.6 Å². The van der Waals surface area contributed by atoms with Gasteiger partial charge in [0.25, 0.3) is 5.91 Å². The molecule has 5 rings (SSSR count). The van der Waals surface area contributed by atoms with Crippen LogP contribution in [0.15, 0.2) is 54.7 Å². The smallest absolute Gasteiger partial charge is 0.254 e. The fourth-order valence-corrected chi connectivity index (χ4v) is 5.02. The largest absolute Gasteiger partial charge is 0.347 e. The van der Waals surface area contributed by atoms with Crippen molar-refractivity contribution < 1.29 is 9.59 Å². The van der Waals surface area contributed by atoms with Crippen LogP contribution in [0.5, 0.6) is 0 Å². The summed E-state index contributed by atoms with van der Waals surface area (Å²) in [6, 6.07) is 15.2. The molecule has 0 N–H and O–H groups in total. The van der Waals surface area contributed by atoms with Crippen LogP contribution in [0.1, 0.15) is 40.4 Å². The molecular formula is C27H28ClN5O2. The molecule has 1 aromatic heterocycles. The summed E-state index contributed by atoms with van der Waals surface area (Å²) >= 11 is 6.11. The fraction of sp³-hybridized carbons (Fsp3) is 0.333. The van der Waals surface area contributed by atoms with Crippen LogP contribution < -0.4 is 4.90 Å². The lowest BCUT2D eigenvalue weighted by molar-refractivity contribution is -0.133. The van der Waals surface area contributed by atoms with Crippen molar-refractivity contribution in [2.45, 2.75) is 25.3 Å². The van der Waals surface area contributed by atoms with Crippen LogP contribution in [0.25, 0.3) is 11.1 Å². The predicted molar refractivity (Wildman–Crippen MR) is 137 cm³/mol. The number of benzene rings is 2. The number of hydrogen-bond acceptors (Lipinski definition) is 5. The Morgan fingerprint density at radius 3 is 2.63 bits per heavy atom. The molecule has 0 unspecified atom stereocenters. The van der Waals surface area contributed by atoms with Gasteiger partial charge in [0.2, 0.25) is 11.9 Å². The number of anilines is 1. The van der Waals surface area contributed by atoms with Crippen LogP contribution in [-0.4, -0.2) is 65.3 Å². The van der Waals surface area contributed by atoms with Crippen LogP contribution in [0, 0.1) is 0 Å². The minimum Gasteiger partial charge on any atom is -0.347 e. The molecule has 3 heterocycles. The summed E-state index contributed by atoms with van der Waals surface area (Å²) in [5, 5.41) is 0.675. The van der Waals surface area contributed by atoms with E-state index in [0.29, 0.717) is 36.2 Å². The number of piperidine rings is 1. The van der Waals surface area contributed by atoms with Gasteiger partial charge in [-0.2, -0.15) is 0 Å². The molecule has 1 saturated heterocycles. The van der Waals surface area contributed by atoms with Crippen LogP contribution in [0.3, 0.4) is 0 Å². The van der Waals surface area contributed by atoms with Crippen LogP contribution in [0.4, 0.5) is 5.95 Å². The molecule has 2 aromatic carbocycles. The van der Waals surface area contributed by atoms with Gasteiger partial charge in [0.1, 0.15) is 6.54 Å². The third kappa shape index (κ3) is 4.73. The highest BCUT2D eigenvalue weighted by Crippen LogP contribution is 2.34. The Labute approximate surface area is 210 Å². The lowest BCUT2D eigenvalue weighted by Crippen LogP contribution is -2.45. The molecule has 1 fully saturated rings. The van der Waals surface area contributed by atoms with Gasteiger partial charge in [-0.25, -0.2) is 9.97 Å². The van der Waals surface area contributed by atoms with E-state index in [1.165, 1.54) is 0 Å². The molecule has 35 heavy (non-hydrogen) atoms. The molecule has 0 bridgehead atoms. The molecule has 0 saturated carbocycles. The molecule has 2 aliphatic heterocycles. The third-order valence-corrected chi connectivity index (χ3v) is 7.00. The summed E-state index contributed by atoms with van der Waals surface area (Å²) in [4.78, 5) is 40.9. The second-order valence-corrected chi connectivity index (χ2v) is 9.80. The standard InChI is InChI=1S/C27H28ClN5O2/c1-31(2)27-29-14-23(18-9-11-21(28)12-10-18)25(30-27)20-7-5-13-32(16-20)24(34)17-33-15-19-6-3-4-8-22(19)26(33)35/h3-4,6,8-12,14,20H,5,7,13,15-17H2,1-2H3/t20-/m0/s1. The maximum atomic E-state index is 13.3. The zero-order valence-electron chi connectivity index (χ0n) is 19.9. The third-order valence-electron chi connectivity index (χ3n) is 6.74. The maximum Gasteiger partial charge on any atom is 0.254 e.